The average molecular weight is 303 g/mol. The second-order valence-electron chi connectivity index (χ2n) is 8.25. The molecule has 2 fully saturated rings. The van der Waals surface area contributed by atoms with Gasteiger partial charge in [0.05, 0.1) is 5.41 Å². The van der Waals surface area contributed by atoms with Crippen LogP contribution in [0.1, 0.15) is 72.1 Å². The molecule has 0 aromatic heterocycles. The molecule has 1 N–H and O–H groups in total. The minimum atomic E-state index is -0.472. The fourth-order valence-corrected chi connectivity index (χ4v) is 5.00. The Kier molecular flexibility index (Phi) is 3.73. The van der Waals surface area contributed by atoms with Gasteiger partial charge in [0.1, 0.15) is 5.78 Å². The lowest BCUT2D eigenvalue weighted by molar-refractivity contribution is -0.136. The van der Waals surface area contributed by atoms with E-state index in [0.717, 1.165) is 19.3 Å². The van der Waals surface area contributed by atoms with Gasteiger partial charge in [-0.1, -0.05) is 32.4 Å². The number of allylic oxidation sites excluding steroid dienone is 1. The van der Waals surface area contributed by atoms with Crippen LogP contribution >= 0.6 is 0 Å². The van der Waals surface area contributed by atoms with Gasteiger partial charge in [-0.05, 0) is 50.4 Å². The van der Waals surface area contributed by atoms with E-state index in [9.17, 15) is 9.59 Å². The van der Waals surface area contributed by atoms with Crippen molar-refractivity contribution in [2.75, 3.05) is 6.54 Å². The first-order valence-electron chi connectivity index (χ1n) is 8.83. The Balaban J connectivity index is 1.65. The Labute approximate surface area is 133 Å². The molecule has 3 aliphatic rings. The largest absolute Gasteiger partial charge is 0.355 e. The van der Waals surface area contributed by atoms with Crippen LogP contribution in [0.15, 0.2) is 11.6 Å². The van der Waals surface area contributed by atoms with E-state index in [1.165, 1.54) is 31.3 Å². The maximum absolute atomic E-state index is 12.9. The van der Waals surface area contributed by atoms with Gasteiger partial charge in [0.15, 0.2) is 0 Å². The Morgan fingerprint density at radius 2 is 2.00 bits per heavy atom. The monoisotopic (exact) mass is 303 g/mol. The number of rotatable bonds is 4. The van der Waals surface area contributed by atoms with E-state index < -0.39 is 5.41 Å². The zero-order chi connectivity index (χ0) is 16.0. The number of amides is 1. The van der Waals surface area contributed by atoms with Crippen LogP contribution in [0.5, 0.6) is 0 Å². The van der Waals surface area contributed by atoms with Crippen molar-refractivity contribution >= 4 is 11.7 Å². The highest BCUT2D eigenvalue weighted by molar-refractivity contribution is 5.99. The summed E-state index contributed by atoms with van der Waals surface area (Å²) in [4.78, 5) is 25.3. The number of carbonyl (C=O) groups excluding carboxylic acids is 2. The predicted octanol–water partition coefficient (Wildman–Crippen LogP) is 3.78. The van der Waals surface area contributed by atoms with Crippen LogP contribution in [0.3, 0.4) is 0 Å². The Morgan fingerprint density at radius 3 is 2.55 bits per heavy atom. The van der Waals surface area contributed by atoms with Gasteiger partial charge in [-0.3, -0.25) is 9.59 Å². The average Bonchev–Trinajstić information content (AvgIpc) is 2.78. The molecule has 2 saturated carbocycles. The normalized spacial score (nSPS) is 36.3. The van der Waals surface area contributed by atoms with Crippen molar-refractivity contribution in [1.82, 2.24) is 5.32 Å². The number of fused-ring (bicyclic) bond motifs is 2. The maximum Gasteiger partial charge on any atom is 0.227 e. The SMILES string of the molecule is CC1(C)[C@]2(C(=O)NCCC3=CCCCC3)CC[C@@]1(C)C(=O)C2. The predicted molar refractivity (Wildman–Crippen MR) is 87.4 cm³/mol. The molecular formula is C19H29NO2. The van der Waals surface area contributed by atoms with Crippen molar-refractivity contribution in [3.63, 3.8) is 0 Å². The molecule has 3 nitrogen and oxygen atoms in total. The van der Waals surface area contributed by atoms with Crippen LogP contribution in [0.2, 0.25) is 0 Å². The minimum absolute atomic E-state index is 0.114. The van der Waals surface area contributed by atoms with Crippen LogP contribution in [0.4, 0.5) is 0 Å². The van der Waals surface area contributed by atoms with Gasteiger partial charge in [0.25, 0.3) is 0 Å². The number of carbonyl (C=O) groups is 2. The van der Waals surface area contributed by atoms with Gasteiger partial charge in [-0.25, -0.2) is 0 Å². The van der Waals surface area contributed by atoms with E-state index in [-0.39, 0.29) is 22.5 Å². The lowest BCUT2D eigenvalue weighted by Gasteiger charge is -2.38. The van der Waals surface area contributed by atoms with E-state index in [2.05, 4.69) is 32.2 Å². The van der Waals surface area contributed by atoms with Crippen LogP contribution in [-0.4, -0.2) is 18.2 Å². The van der Waals surface area contributed by atoms with Gasteiger partial charge >= 0.3 is 0 Å². The summed E-state index contributed by atoms with van der Waals surface area (Å²) in [6.07, 6.45) is 10.4. The van der Waals surface area contributed by atoms with Crippen LogP contribution in [-0.2, 0) is 9.59 Å². The first-order chi connectivity index (χ1) is 10.3. The molecule has 0 spiro atoms. The number of Topliss-reactive ketones (excluding diaryl/α,β-unsaturated/α-hetero) is 1. The summed E-state index contributed by atoms with van der Waals surface area (Å²) in [6, 6.07) is 0. The third-order valence-corrected chi connectivity index (χ3v) is 7.26. The van der Waals surface area contributed by atoms with Crippen molar-refractivity contribution in [1.29, 1.82) is 0 Å². The molecule has 0 saturated heterocycles. The molecule has 3 rings (SSSR count). The van der Waals surface area contributed by atoms with E-state index in [1.54, 1.807) is 0 Å². The fraction of sp³-hybridized carbons (Fsp3) is 0.789. The molecule has 2 bridgehead atoms. The molecular weight excluding hydrogens is 274 g/mol. The molecule has 3 aliphatic carbocycles. The van der Waals surface area contributed by atoms with Crippen LogP contribution < -0.4 is 5.32 Å². The third kappa shape index (κ3) is 2.00. The maximum atomic E-state index is 12.9. The number of ketones is 1. The molecule has 122 valence electrons. The van der Waals surface area contributed by atoms with E-state index in [0.29, 0.717) is 13.0 Å². The standard InChI is InChI=1S/C19H29NO2/c1-17(2)18(3)10-11-19(17,13-15(18)21)16(22)20-12-9-14-7-5-4-6-8-14/h7H,4-6,8-13H2,1-3H3,(H,20,22)/t18-,19+/m0/s1. The van der Waals surface area contributed by atoms with Crippen molar-refractivity contribution in [3.05, 3.63) is 11.6 Å². The first kappa shape index (κ1) is 15.8. The van der Waals surface area contributed by atoms with Gasteiger partial charge in [0.2, 0.25) is 5.91 Å². The fourth-order valence-electron chi connectivity index (χ4n) is 5.00. The highest BCUT2D eigenvalue weighted by atomic mass is 16.2. The molecule has 0 heterocycles. The summed E-state index contributed by atoms with van der Waals surface area (Å²) < 4.78 is 0. The van der Waals surface area contributed by atoms with E-state index >= 15 is 0 Å². The molecule has 0 aliphatic heterocycles. The van der Waals surface area contributed by atoms with E-state index in [1.807, 2.05) is 0 Å². The zero-order valence-electron chi connectivity index (χ0n) is 14.3. The highest BCUT2D eigenvalue weighted by Gasteiger charge is 2.72. The number of hydrogen-bond acceptors (Lipinski definition) is 2. The van der Waals surface area contributed by atoms with Crippen molar-refractivity contribution < 1.29 is 9.59 Å². The van der Waals surface area contributed by atoms with Crippen molar-refractivity contribution in [2.24, 2.45) is 16.2 Å². The second-order valence-corrected chi connectivity index (χ2v) is 8.25. The molecule has 3 heteroatoms. The smallest absolute Gasteiger partial charge is 0.227 e. The summed E-state index contributed by atoms with van der Waals surface area (Å²) >= 11 is 0. The van der Waals surface area contributed by atoms with Gasteiger partial charge in [-0.15, -0.1) is 0 Å². The molecule has 0 radical (unpaired) electrons. The Morgan fingerprint density at radius 1 is 1.23 bits per heavy atom. The zero-order valence-corrected chi connectivity index (χ0v) is 14.3. The third-order valence-electron chi connectivity index (χ3n) is 7.26. The number of nitrogens with one attached hydrogen (secondary N) is 1. The lowest BCUT2D eigenvalue weighted by atomic mass is 9.64. The van der Waals surface area contributed by atoms with Gasteiger partial charge in [0, 0.05) is 18.4 Å². The molecule has 22 heavy (non-hydrogen) atoms. The molecule has 0 aromatic carbocycles. The Bertz CT molecular complexity index is 534. The molecule has 0 aromatic rings. The topological polar surface area (TPSA) is 46.2 Å². The van der Waals surface area contributed by atoms with Crippen LogP contribution in [0.25, 0.3) is 0 Å². The quantitative estimate of drug-likeness (QED) is 0.803. The summed E-state index contributed by atoms with van der Waals surface area (Å²) in [5.74, 6) is 0.400. The van der Waals surface area contributed by atoms with Crippen molar-refractivity contribution in [3.8, 4) is 0 Å². The van der Waals surface area contributed by atoms with E-state index in [4.69, 9.17) is 0 Å². The summed E-state index contributed by atoms with van der Waals surface area (Å²) in [5.41, 5.74) is 0.475. The van der Waals surface area contributed by atoms with Gasteiger partial charge < -0.3 is 5.32 Å². The highest BCUT2D eigenvalue weighted by Crippen LogP contribution is 2.70. The first-order valence-corrected chi connectivity index (χ1v) is 8.83. The summed E-state index contributed by atoms with van der Waals surface area (Å²) in [7, 11) is 0. The molecule has 0 unspecified atom stereocenters. The Hall–Kier alpha value is -1.12. The number of hydrogen-bond donors (Lipinski definition) is 1. The summed E-state index contributed by atoms with van der Waals surface area (Å²) in [5, 5.41) is 3.15. The van der Waals surface area contributed by atoms with Gasteiger partial charge in [-0.2, -0.15) is 0 Å². The second kappa shape index (κ2) is 5.21. The van der Waals surface area contributed by atoms with Crippen LogP contribution in [0, 0.1) is 16.2 Å². The summed E-state index contributed by atoms with van der Waals surface area (Å²) in [6.45, 7) is 7.01. The molecule has 1 amide bonds. The lowest BCUT2D eigenvalue weighted by Crippen LogP contribution is -2.47. The van der Waals surface area contributed by atoms with Crippen molar-refractivity contribution in [2.45, 2.75) is 72.1 Å². The molecule has 2 atom stereocenters. The minimum Gasteiger partial charge on any atom is -0.355 e.